The van der Waals surface area contributed by atoms with Crippen LogP contribution in [0.15, 0.2) is 24.3 Å². The quantitative estimate of drug-likeness (QED) is 0.890. The minimum atomic E-state index is -4.77. The maximum absolute atomic E-state index is 12.4. The molecule has 1 saturated heterocycles. The van der Waals surface area contributed by atoms with Crippen LogP contribution in [-0.4, -0.2) is 43.1 Å². The summed E-state index contributed by atoms with van der Waals surface area (Å²) < 4.78 is 46.8. The van der Waals surface area contributed by atoms with Crippen molar-refractivity contribution in [2.75, 3.05) is 13.7 Å². The van der Waals surface area contributed by atoms with Crippen LogP contribution in [0.5, 0.6) is 5.75 Å². The van der Waals surface area contributed by atoms with Gasteiger partial charge in [0.2, 0.25) is 0 Å². The lowest BCUT2D eigenvalue weighted by molar-refractivity contribution is -0.275. The molecule has 2 atom stereocenters. The molecule has 24 heavy (non-hydrogen) atoms. The van der Waals surface area contributed by atoms with E-state index in [1.165, 1.54) is 30.1 Å². The number of amides is 2. The van der Waals surface area contributed by atoms with Crippen LogP contribution in [0.3, 0.4) is 0 Å². The molecule has 0 radical (unpaired) electrons. The number of hydrogen-bond donors (Lipinski definition) is 1. The van der Waals surface area contributed by atoms with Gasteiger partial charge in [0.15, 0.2) is 0 Å². The lowest BCUT2D eigenvalue weighted by Gasteiger charge is -2.25. The van der Waals surface area contributed by atoms with E-state index in [1.807, 2.05) is 6.92 Å². The van der Waals surface area contributed by atoms with E-state index in [4.69, 9.17) is 4.74 Å². The van der Waals surface area contributed by atoms with E-state index < -0.39 is 6.36 Å². The van der Waals surface area contributed by atoms with Crippen molar-refractivity contribution in [2.24, 2.45) is 0 Å². The van der Waals surface area contributed by atoms with Gasteiger partial charge in [-0.25, -0.2) is 4.79 Å². The summed E-state index contributed by atoms with van der Waals surface area (Å²) in [5.41, 5.74) is 0.275. The minimum Gasteiger partial charge on any atom is -0.405 e. The SMILES string of the molecule is CC(NC(=O)N(C)Cc1ccccc1OC(F)(F)F)C1CCCO1. The van der Waals surface area contributed by atoms with Gasteiger partial charge in [0.1, 0.15) is 5.75 Å². The second kappa shape index (κ2) is 7.74. The van der Waals surface area contributed by atoms with Crippen molar-refractivity contribution in [3.8, 4) is 5.75 Å². The van der Waals surface area contributed by atoms with Gasteiger partial charge in [0.25, 0.3) is 0 Å². The number of nitrogens with zero attached hydrogens (tertiary/aromatic N) is 1. The second-order valence-corrected chi connectivity index (χ2v) is 5.80. The van der Waals surface area contributed by atoms with Crippen LogP contribution in [0.4, 0.5) is 18.0 Å². The molecule has 0 saturated carbocycles. The third-order valence-corrected chi connectivity index (χ3v) is 3.83. The fraction of sp³-hybridized carbons (Fsp3) is 0.562. The van der Waals surface area contributed by atoms with E-state index in [0.717, 1.165) is 12.8 Å². The molecule has 1 aliphatic rings. The summed E-state index contributed by atoms with van der Waals surface area (Å²) in [6.45, 7) is 2.53. The molecule has 1 N–H and O–H groups in total. The number of hydrogen-bond acceptors (Lipinski definition) is 3. The van der Waals surface area contributed by atoms with Gasteiger partial charge in [0, 0.05) is 19.2 Å². The predicted molar refractivity (Wildman–Crippen MR) is 81.6 cm³/mol. The maximum atomic E-state index is 12.4. The van der Waals surface area contributed by atoms with E-state index in [-0.39, 0.29) is 36.0 Å². The van der Waals surface area contributed by atoms with Crippen molar-refractivity contribution in [3.63, 3.8) is 0 Å². The number of para-hydroxylation sites is 1. The van der Waals surface area contributed by atoms with Crippen molar-refractivity contribution in [1.29, 1.82) is 0 Å². The van der Waals surface area contributed by atoms with Gasteiger partial charge in [-0.3, -0.25) is 0 Å². The molecule has 0 aliphatic carbocycles. The normalized spacial score (nSPS) is 19.0. The Bertz CT molecular complexity index is 560. The standard InChI is InChI=1S/C16H21F3N2O3/c1-11(13-8-5-9-23-13)20-15(22)21(2)10-12-6-3-4-7-14(12)24-16(17,18)19/h3-4,6-7,11,13H,5,8-10H2,1-2H3,(H,20,22). The zero-order valence-electron chi connectivity index (χ0n) is 13.6. The third-order valence-electron chi connectivity index (χ3n) is 3.83. The Balaban J connectivity index is 1.96. The molecule has 1 aliphatic heterocycles. The first-order chi connectivity index (χ1) is 11.3. The van der Waals surface area contributed by atoms with E-state index in [9.17, 15) is 18.0 Å². The van der Waals surface area contributed by atoms with Crippen LogP contribution in [0, 0.1) is 0 Å². The molecule has 0 aromatic heterocycles. The molecule has 2 amide bonds. The van der Waals surface area contributed by atoms with Crippen LogP contribution in [0.25, 0.3) is 0 Å². The molecular formula is C16H21F3N2O3. The smallest absolute Gasteiger partial charge is 0.405 e. The summed E-state index contributed by atoms with van der Waals surface area (Å²) in [4.78, 5) is 13.5. The lowest BCUT2D eigenvalue weighted by atomic mass is 10.1. The molecule has 0 bridgehead atoms. The number of carbonyl (C=O) groups excluding carboxylic acids is 1. The van der Waals surface area contributed by atoms with Crippen LogP contribution in [0.1, 0.15) is 25.3 Å². The first-order valence-corrected chi connectivity index (χ1v) is 7.73. The van der Waals surface area contributed by atoms with Crippen LogP contribution in [0.2, 0.25) is 0 Å². The van der Waals surface area contributed by atoms with Crippen LogP contribution in [-0.2, 0) is 11.3 Å². The maximum Gasteiger partial charge on any atom is 0.573 e. The van der Waals surface area contributed by atoms with Gasteiger partial charge in [0.05, 0.1) is 18.7 Å². The highest BCUT2D eigenvalue weighted by Crippen LogP contribution is 2.27. The van der Waals surface area contributed by atoms with E-state index >= 15 is 0 Å². The number of nitrogens with one attached hydrogen (secondary N) is 1. The Morgan fingerprint density at radius 3 is 2.79 bits per heavy atom. The first kappa shape index (κ1) is 18.4. The Labute approximate surface area is 138 Å². The van der Waals surface area contributed by atoms with E-state index in [2.05, 4.69) is 10.1 Å². The molecular weight excluding hydrogens is 325 g/mol. The first-order valence-electron chi connectivity index (χ1n) is 7.73. The molecule has 1 aromatic carbocycles. The summed E-state index contributed by atoms with van der Waals surface area (Å²) in [6.07, 6.45) is -2.95. The fourth-order valence-electron chi connectivity index (χ4n) is 2.58. The van der Waals surface area contributed by atoms with Crippen molar-refractivity contribution in [2.45, 2.75) is 44.8 Å². The largest absolute Gasteiger partial charge is 0.573 e. The number of alkyl halides is 3. The monoisotopic (exact) mass is 346 g/mol. The Hall–Kier alpha value is -1.96. The number of benzene rings is 1. The highest BCUT2D eigenvalue weighted by molar-refractivity contribution is 5.74. The van der Waals surface area contributed by atoms with Crippen LogP contribution >= 0.6 is 0 Å². The Kier molecular flexibility index (Phi) is 5.93. The molecule has 5 nitrogen and oxygen atoms in total. The Morgan fingerprint density at radius 2 is 2.17 bits per heavy atom. The van der Waals surface area contributed by atoms with Crippen molar-refractivity contribution >= 4 is 6.03 Å². The summed E-state index contributed by atoms with van der Waals surface area (Å²) in [5, 5.41) is 2.81. The van der Waals surface area contributed by atoms with Gasteiger partial charge in [-0.15, -0.1) is 13.2 Å². The summed E-state index contributed by atoms with van der Waals surface area (Å²) in [5.74, 6) is -0.308. The third kappa shape index (κ3) is 5.30. The topological polar surface area (TPSA) is 50.8 Å². The molecule has 1 aromatic rings. The molecule has 1 heterocycles. The molecule has 1 fully saturated rings. The molecule has 2 unspecified atom stereocenters. The number of urea groups is 1. The zero-order chi connectivity index (χ0) is 17.7. The van der Waals surface area contributed by atoms with Crippen LogP contribution < -0.4 is 10.1 Å². The van der Waals surface area contributed by atoms with Gasteiger partial charge in [-0.2, -0.15) is 0 Å². The van der Waals surface area contributed by atoms with Gasteiger partial charge in [-0.1, -0.05) is 18.2 Å². The minimum absolute atomic E-state index is 0.00364. The lowest BCUT2D eigenvalue weighted by Crippen LogP contribution is -2.46. The van der Waals surface area contributed by atoms with Gasteiger partial charge >= 0.3 is 12.4 Å². The summed E-state index contributed by atoms with van der Waals surface area (Å²) in [6, 6.07) is 5.23. The molecule has 134 valence electrons. The number of ether oxygens (including phenoxy) is 2. The number of halogens is 3. The van der Waals surface area contributed by atoms with E-state index in [1.54, 1.807) is 6.07 Å². The average molecular weight is 346 g/mol. The number of rotatable bonds is 5. The molecule has 0 spiro atoms. The number of carbonyl (C=O) groups is 1. The zero-order valence-corrected chi connectivity index (χ0v) is 13.6. The predicted octanol–water partition coefficient (Wildman–Crippen LogP) is 3.29. The highest BCUT2D eigenvalue weighted by Gasteiger charge is 2.32. The van der Waals surface area contributed by atoms with Crippen molar-refractivity contribution in [3.05, 3.63) is 29.8 Å². The van der Waals surface area contributed by atoms with E-state index in [0.29, 0.717) is 6.61 Å². The summed E-state index contributed by atoms with van der Waals surface area (Å²) >= 11 is 0. The second-order valence-electron chi connectivity index (χ2n) is 5.80. The van der Waals surface area contributed by atoms with Crippen molar-refractivity contribution in [1.82, 2.24) is 10.2 Å². The molecule has 8 heteroatoms. The average Bonchev–Trinajstić information content (AvgIpc) is 3.02. The van der Waals surface area contributed by atoms with Gasteiger partial charge < -0.3 is 19.7 Å². The van der Waals surface area contributed by atoms with Gasteiger partial charge in [-0.05, 0) is 25.8 Å². The van der Waals surface area contributed by atoms with Crippen molar-refractivity contribution < 1.29 is 27.4 Å². The summed E-state index contributed by atoms with van der Waals surface area (Å²) in [7, 11) is 1.52. The fourth-order valence-corrected chi connectivity index (χ4v) is 2.58. The molecule has 2 rings (SSSR count). The highest BCUT2D eigenvalue weighted by atomic mass is 19.4. The Morgan fingerprint density at radius 1 is 1.46 bits per heavy atom.